The molecular formula is C16H21ClN4O2. The standard InChI is InChI=1S/C16H21ClN4O2/c17-13-8-11(4-5-14(22)21-23)9-19-15(13)20-16(6-7-18-10-16)12-2-1-3-12/h4-5,8-9,12,18,23H,1-3,6-7,10H2,(H,19,20)(H,21,22)/b5-4+/t16-/m0/s1. The van der Waals surface area contributed by atoms with E-state index in [0.717, 1.165) is 19.5 Å². The van der Waals surface area contributed by atoms with Gasteiger partial charge in [-0.25, -0.2) is 10.5 Å². The smallest absolute Gasteiger partial charge is 0.267 e. The van der Waals surface area contributed by atoms with Gasteiger partial charge < -0.3 is 10.6 Å². The van der Waals surface area contributed by atoms with E-state index in [1.807, 2.05) is 0 Å². The van der Waals surface area contributed by atoms with Gasteiger partial charge >= 0.3 is 0 Å². The van der Waals surface area contributed by atoms with Crippen LogP contribution in [0.1, 0.15) is 31.2 Å². The average molecular weight is 337 g/mol. The second-order valence-electron chi connectivity index (χ2n) is 6.24. The summed E-state index contributed by atoms with van der Waals surface area (Å²) in [6.07, 6.45) is 9.31. The number of rotatable bonds is 5. The molecule has 0 bridgehead atoms. The molecule has 2 heterocycles. The van der Waals surface area contributed by atoms with Gasteiger partial charge in [0.25, 0.3) is 5.91 Å². The average Bonchev–Trinajstić information content (AvgIpc) is 2.94. The van der Waals surface area contributed by atoms with E-state index in [-0.39, 0.29) is 5.54 Å². The molecule has 0 aromatic carbocycles. The van der Waals surface area contributed by atoms with Crippen LogP contribution in [0, 0.1) is 5.92 Å². The molecule has 1 aliphatic carbocycles. The predicted octanol–water partition coefficient (Wildman–Crippen LogP) is 2.20. The van der Waals surface area contributed by atoms with E-state index >= 15 is 0 Å². The Balaban J connectivity index is 1.75. The van der Waals surface area contributed by atoms with Gasteiger partial charge in [-0.1, -0.05) is 18.0 Å². The molecule has 4 N–H and O–H groups in total. The fourth-order valence-electron chi connectivity index (χ4n) is 3.31. The number of carbonyl (C=O) groups excluding carboxylic acids is 1. The van der Waals surface area contributed by atoms with Gasteiger partial charge in [0.1, 0.15) is 5.82 Å². The Labute approximate surface area is 140 Å². The van der Waals surface area contributed by atoms with Gasteiger partial charge in [0.15, 0.2) is 0 Å². The molecule has 1 aromatic heterocycles. The molecule has 0 unspecified atom stereocenters. The minimum atomic E-state index is -0.593. The predicted molar refractivity (Wildman–Crippen MR) is 89.4 cm³/mol. The lowest BCUT2D eigenvalue weighted by Gasteiger charge is -2.43. The van der Waals surface area contributed by atoms with Crippen molar-refractivity contribution in [3.8, 4) is 0 Å². The molecule has 0 radical (unpaired) electrons. The van der Waals surface area contributed by atoms with Gasteiger partial charge in [0.05, 0.1) is 10.6 Å². The van der Waals surface area contributed by atoms with Crippen LogP contribution >= 0.6 is 11.6 Å². The first kappa shape index (κ1) is 16.2. The Hall–Kier alpha value is -1.63. The Morgan fingerprint density at radius 3 is 2.91 bits per heavy atom. The third kappa shape index (κ3) is 3.49. The van der Waals surface area contributed by atoms with Crippen LogP contribution in [0.5, 0.6) is 0 Å². The van der Waals surface area contributed by atoms with E-state index < -0.39 is 5.91 Å². The Morgan fingerprint density at radius 2 is 2.35 bits per heavy atom. The monoisotopic (exact) mass is 336 g/mol. The molecule has 1 aliphatic heterocycles. The zero-order valence-corrected chi connectivity index (χ0v) is 13.6. The van der Waals surface area contributed by atoms with E-state index in [1.165, 1.54) is 25.3 Å². The first-order valence-corrected chi connectivity index (χ1v) is 8.27. The summed E-state index contributed by atoms with van der Waals surface area (Å²) in [4.78, 5) is 15.4. The van der Waals surface area contributed by atoms with Crippen LogP contribution in [-0.2, 0) is 4.79 Å². The zero-order chi connectivity index (χ0) is 16.3. The molecule has 7 heteroatoms. The van der Waals surface area contributed by atoms with Crippen LogP contribution in [0.4, 0.5) is 5.82 Å². The number of carbonyl (C=O) groups is 1. The van der Waals surface area contributed by atoms with Crippen molar-refractivity contribution in [2.75, 3.05) is 18.4 Å². The van der Waals surface area contributed by atoms with Gasteiger partial charge in [0, 0.05) is 18.8 Å². The maximum absolute atomic E-state index is 11.0. The van der Waals surface area contributed by atoms with E-state index in [4.69, 9.17) is 16.8 Å². The number of nitrogens with zero attached hydrogens (tertiary/aromatic N) is 1. The summed E-state index contributed by atoms with van der Waals surface area (Å²) < 4.78 is 0. The van der Waals surface area contributed by atoms with Crippen LogP contribution in [0.25, 0.3) is 6.08 Å². The van der Waals surface area contributed by atoms with Crippen LogP contribution < -0.4 is 16.1 Å². The topological polar surface area (TPSA) is 86.3 Å². The molecule has 1 saturated carbocycles. The third-order valence-corrected chi connectivity index (χ3v) is 5.13. The summed E-state index contributed by atoms with van der Waals surface area (Å²) in [5, 5.41) is 16.0. The molecule has 2 aliphatic rings. The third-order valence-electron chi connectivity index (χ3n) is 4.84. The summed E-state index contributed by atoms with van der Waals surface area (Å²) in [5.41, 5.74) is 2.29. The van der Waals surface area contributed by atoms with Crippen LogP contribution in [0.15, 0.2) is 18.3 Å². The molecule has 6 nitrogen and oxygen atoms in total. The quantitative estimate of drug-likeness (QED) is 0.376. The number of anilines is 1. The normalized spacial score (nSPS) is 24.6. The van der Waals surface area contributed by atoms with Crippen molar-refractivity contribution >= 4 is 29.4 Å². The second-order valence-corrected chi connectivity index (χ2v) is 6.65. The van der Waals surface area contributed by atoms with Crippen molar-refractivity contribution in [3.63, 3.8) is 0 Å². The highest BCUT2D eigenvalue weighted by Crippen LogP contribution is 2.42. The Bertz CT molecular complexity index is 610. The number of hydrogen-bond acceptors (Lipinski definition) is 5. The van der Waals surface area contributed by atoms with Crippen molar-refractivity contribution in [1.29, 1.82) is 0 Å². The minimum absolute atomic E-state index is 0.0447. The lowest BCUT2D eigenvalue weighted by Crippen LogP contribution is -2.50. The molecular weight excluding hydrogens is 316 g/mol. The molecule has 1 saturated heterocycles. The van der Waals surface area contributed by atoms with Gasteiger partial charge in [-0.05, 0) is 49.4 Å². The number of halogens is 1. The van der Waals surface area contributed by atoms with Gasteiger partial charge in [0.2, 0.25) is 0 Å². The second kappa shape index (κ2) is 6.86. The van der Waals surface area contributed by atoms with Crippen molar-refractivity contribution in [3.05, 3.63) is 28.9 Å². The van der Waals surface area contributed by atoms with E-state index in [9.17, 15) is 4.79 Å². The number of hydroxylamine groups is 1. The van der Waals surface area contributed by atoms with Gasteiger partial charge in [-0.2, -0.15) is 0 Å². The highest BCUT2D eigenvalue weighted by atomic mass is 35.5. The largest absolute Gasteiger partial charge is 0.362 e. The number of nitrogens with one attached hydrogen (secondary N) is 3. The molecule has 1 amide bonds. The van der Waals surface area contributed by atoms with Gasteiger partial charge in [-0.15, -0.1) is 0 Å². The highest BCUT2D eigenvalue weighted by molar-refractivity contribution is 6.33. The summed E-state index contributed by atoms with van der Waals surface area (Å²) in [5.74, 6) is 0.763. The minimum Gasteiger partial charge on any atom is -0.362 e. The number of hydrogen-bond donors (Lipinski definition) is 4. The summed E-state index contributed by atoms with van der Waals surface area (Å²) in [6, 6.07) is 1.76. The van der Waals surface area contributed by atoms with E-state index in [2.05, 4.69) is 15.6 Å². The van der Waals surface area contributed by atoms with Crippen LogP contribution in [-0.4, -0.2) is 34.7 Å². The molecule has 0 spiro atoms. The van der Waals surface area contributed by atoms with Crippen molar-refractivity contribution in [2.45, 2.75) is 31.2 Å². The number of pyridine rings is 1. The fraction of sp³-hybridized carbons (Fsp3) is 0.500. The summed E-state index contributed by atoms with van der Waals surface area (Å²) >= 11 is 6.36. The lowest BCUT2D eigenvalue weighted by molar-refractivity contribution is -0.124. The molecule has 3 rings (SSSR count). The van der Waals surface area contributed by atoms with Crippen molar-refractivity contribution in [2.24, 2.45) is 5.92 Å². The SMILES string of the molecule is O=C(/C=C/c1cnc(N[C@@]2(C3CCC3)CCNC2)c(Cl)c1)NO. The van der Waals surface area contributed by atoms with Crippen molar-refractivity contribution < 1.29 is 10.0 Å². The number of aromatic nitrogens is 1. The fourth-order valence-corrected chi connectivity index (χ4v) is 3.53. The van der Waals surface area contributed by atoms with Gasteiger partial charge in [-0.3, -0.25) is 10.0 Å². The van der Waals surface area contributed by atoms with Crippen molar-refractivity contribution in [1.82, 2.24) is 15.8 Å². The summed E-state index contributed by atoms with van der Waals surface area (Å²) in [7, 11) is 0. The Kier molecular flexibility index (Phi) is 4.84. The molecule has 124 valence electrons. The molecule has 1 aromatic rings. The van der Waals surface area contributed by atoms with Crippen LogP contribution in [0.2, 0.25) is 5.02 Å². The highest BCUT2D eigenvalue weighted by Gasteiger charge is 2.44. The lowest BCUT2D eigenvalue weighted by atomic mass is 9.70. The first-order valence-electron chi connectivity index (χ1n) is 7.89. The van der Waals surface area contributed by atoms with Crippen LogP contribution in [0.3, 0.4) is 0 Å². The van der Waals surface area contributed by atoms with E-state index in [0.29, 0.717) is 22.3 Å². The maximum Gasteiger partial charge on any atom is 0.267 e. The maximum atomic E-state index is 11.0. The molecule has 2 fully saturated rings. The molecule has 23 heavy (non-hydrogen) atoms. The Morgan fingerprint density at radius 1 is 1.52 bits per heavy atom. The molecule has 1 atom stereocenters. The summed E-state index contributed by atoms with van der Waals surface area (Å²) in [6.45, 7) is 1.95. The number of amides is 1. The van der Waals surface area contributed by atoms with E-state index in [1.54, 1.807) is 23.8 Å². The zero-order valence-electron chi connectivity index (χ0n) is 12.8. The first-order chi connectivity index (χ1) is 11.1.